The number of benzene rings is 2. The first kappa shape index (κ1) is 20.0. The number of thiazole rings is 1. The van der Waals surface area contributed by atoms with Crippen LogP contribution in [0.5, 0.6) is 0 Å². The zero-order valence-corrected chi connectivity index (χ0v) is 16.2. The van der Waals surface area contributed by atoms with Crippen LogP contribution in [0, 0.1) is 0 Å². The molecule has 0 saturated heterocycles. The predicted molar refractivity (Wildman–Crippen MR) is 113 cm³/mol. The van der Waals surface area contributed by atoms with Crippen molar-refractivity contribution in [3.05, 3.63) is 71.2 Å². The molecule has 0 unspecified atom stereocenters. The Morgan fingerprint density at radius 2 is 1.59 bits per heavy atom. The second kappa shape index (κ2) is 9.47. The third kappa shape index (κ3) is 6.15. The number of urea groups is 1. The number of nitrogens with two attached hydrogens (primary N) is 1. The number of primary amides is 1. The molecule has 8 nitrogen and oxygen atoms in total. The zero-order chi connectivity index (χ0) is 20.6. The van der Waals surface area contributed by atoms with Gasteiger partial charge in [0, 0.05) is 28.7 Å². The van der Waals surface area contributed by atoms with E-state index in [1.807, 2.05) is 18.2 Å². The van der Waals surface area contributed by atoms with Gasteiger partial charge in [0.05, 0.1) is 5.69 Å². The molecule has 0 atom stereocenters. The highest BCUT2D eigenvalue weighted by atomic mass is 32.1. The highest BCUT2D eigenvalue weighted by molar-refractivity contribution is 7.13. The molecule has 3 rings (SSSR count). The summed E-state index contributed by atoms with van der Waals surface area (Å²) in [6.45, 7) is 0. The second-order valence-electron chi connectivity index (χ2n) is 6.08. The summed E-state index contributed by atoms with van der Waals surface area (Å²) in [5.74, 6) is -0.700. The Balaban J connectivity index is 1.45. The quantitative estimate of drug-likeness (QED) is 0.477. The fourth-order valence-electron chi connectivity index (χ4n) is 2.44. The van der Waals surface area contributed by atoms with Gasteiger partial charge < -0.3 is 16.4 Å². The van der Waals surface area contributed by atoms with Gasteiger partial charge in [-0.05, 0) is 42.8 Å². The molecule has 0 bridgehead atoms. The van der Waals surface area contributed by atoms with Crippen LogP contribution in [-0.4, -0.2) is 22.8 Å². The summed E-state index contributed by atoms with van der Waals surface area (Å²) in [6, 6.07) is 15.1. The molecule has 1 heterocycles. The lowest BCUT2D eigenvalue weighted by Crippen LogP contribution is -2.19. The van der Waals surface area contributed by atoms with E-state index in [2.05, 4.69) is 20.9 Å². The lowest BCUT2D eigenvalue weighted by Gasteiger charge is -2.05. The molecule has 148 valence electrons. The van der Waals surface area contributed by atoms with Crippen LogP contribution in [0.25, 0.3) is 0 Å². The second-order valence-corrected chi connectivity index (χ2v) is 6.94. The summed E-state index contributed by atoms with van der Waals surface area (Å²) >= 11 is 1.29. The van der Waals surface area contributed by atoms with Gasteiger partial charge in [0.2, 0.25) is 11.8 Å². The average molecular weight is 409 g/mol. The molecule has 0 radical (unpaired) electrons. The van der Waals surface area contributed by atoms with E-state index in [0.717, 1.165) is 0 Å². The van der Waals surface area contributed by atoms with E-state index < -0.39 is 5.91 Å². The Morgan fingerprint density at radius 1 is 0.897 bits per heavy atom. The van der Waals surface area contributed by atoms with Gasteiger partial charge in [0.15, 0.2) is 5.13 Å². The van der Waals surface area contributed by atoms with Crippen molar-refractivity contribution in [3.8, 4) is 0 Å². The largest absolute Gasteiger partial charge is 0.366 e. The molecule has 1 aromatic heterocycles. The lowest BCUT2D eigenvalue weighted by molar-refractivity contribution is -0.116. The number of aryl methyl sites for hydroxylation is 1. The maximum absolute atomic E-state index is 12.1. The highest BCUT2D eigenvalue weighted by Gasteiger charge is 2.09. The Morgan fingerprint density at radius 3 is 2.28 bits per heavy atom. The third-order valence-electron chi connectivity index (χ3n) is 3.87. The van der Waals surface area contributed by atoms with Crippen molar-refractivity contribution in [1.82, 2.24) is 4.98 Å². The molecule has 0 aliphatic heterocycles. The summed E-state index contributed by atoms with van der Waals surface area (Å²) in [7, 11) is 0. The van der Waals surface area contributed by atoms with Crippen molar-refractivity contribution >= 4 is 45.7 Å². The zero-order valence-electron chi connectivity index (χ0n) is 15.3. The molecule has 4 amide bonds. The summed E-state index contributed by atoms with van der Waals surface area (Å²) in [4.78, 5) is 39.4. The minimum atomic E-state index is -0.520. The minimum absolute atomic E-state index is 0.179. The van der Waals surface area contributed by atoms with Gasteiger partial charge in [-0.1, -0.05) is 18.2 Å². The number of hydrogen-bond donors (Lipinski definition) is 4. The molecule has 2 aromatic carbocycles. The number of nitrogens with zero attached hydrogens (tertiary/aromatic N) is 1. The van der Waals surface area contributed by atoms with Crippen LogP contribution in [-0.2, 0) is 11.2 Å². The molecular formula is C20H19N5O3S. The molecule has 5 N–H and O–H groups in total. The van der Waals surface area contributed by atoms with E-state index in [1.165, 1.54) is 11.3 Å². The first-order valence-corrected chi connectivity index (χ1v) is 9.65. The van der Waals surface area contributed by atoms with Gasteiger partial charge in [-0.3, -0.25) is 14.9 Å². The summed E-state index contributed by atoms with van der Waals surface area (Å²) in [5.41, 5.74) is 7.54. The summed E-state index contributed by atoms with van der Waals surface area (Å²) in [6.07, 6.45) is 0.667. The Kier molecular flexibility index (Phi) is 6.54. The van der Waals surface area contributed by atoms with Crippen LogP contribution in [0.1, 0.15) is 22.5 Å². The van der Waals surface area contributed by atoms with Crippen LogP contribution in [0.2, 0.25) is 0 Å². The maximum atomic E-state index is 12.1. The molecule has 3 aromatic rings. The number of carbonyl (C=O) groups is 3. The maximum Gasteiger partial charge on any atom is 0.325 e. The predicted octanol–water partition coefficient (Wildman–Crippen LogP) is 3.46. The molecule has 0 fully saturated rings. The van der Waals surface area contributed by atoms with Crippen molar-refractivity contribution in [1.29, 1.82) is 0 Å². The Bertz CT molecular complexity index is 1000. The Labute approximate surface area is 171 Å². The van der Waals surface area contributed by atoms with E-state index in [1.54, 1.807) is 41.8 Å². The molecule has 0 saturated carbocycles. The standard InChI is InChI=1S/C20H19N5O3S/c21-18(27)13-6-8-15(9-7-13)22-17(26)11-10-16-12-29-20(24-16)25-19(28)23-14-4-2-1-3-5-14/h1-9,12H,10-11H2,(H2,21,27)(H,22,26)(H2,23,24,25,28). The number of nitrogens with one attached hydrogen (secondary N) is 3. The van der Waals surface area contributed by atoms with Gasteiger partial charge in [-0.2, -0.15) is 0 Å². The number of carbonyl (C=O) groups excluding carboxylic acids is 3. The van der Waals surface area contributed by atoms with E-state index in [0.29, 0.717) is 34.2 Å². The van der Waals surface area contributed by atoms with Crippen molar-refractivity contribution in [2.45, 2.75) is 12.8 Å². The fourth-order valence-corrected chi connectivity index (χ4v) is 3.18. The number of rotatable bonds is 7. The summed E-state index contributed by atoms with van der Waals surface area (Å²) in [5, 5.41) is 10.4. The normalized spacial score (nSPS) is 10.2. The monoisotopic (exact) mass is 409 g/mol. The number of amides is 4. The minimum Gasteiger partial charge on any atom is -0.366 e. The van der Waals surface area contributed by atoms with Crippen molar-refractivity contribution < 1.29 is 14.4 Å². The Hall–Kier alpha value is -3.72. The molecule has 0 aliphatic rings. The third-order valence-corrected chi connectivity index (χ3v) is 4.67. The number of hydrogen-bond acceptors (Lipinski definition) is 5. The van der Waals surface area contributed by atoms with Crippen molar-refractivity contribution in [3.63, 3.8) is 0 Å². The van der Waals surface area contributed by atoms with Crippen LogP contribution < -0.4 is 21.7 Å². The van der Waals surface area contributed by atoms with Crippen LogP contribution in [0.4, 0.5) is 21.3 Å². The first-order valence-electron chi connectivity index (χ1n) is 8.77. The number of anilines is 3. The summed E-state index contributed by atoms with van der Waals surface area (Å²) < 4.78 is 0. The topological polar surface area (TPSA) is 126 Å². The van der Waals surface area contributed by atoms with E-state index in [4.69, 9.17) is 5.73 Å². The van der Waals surface area contributed by atoms with Gasteiger partial charge in [-0.15, -0.1) is 11.3 Å². The first-order chi connectivity index (χ1) is 14.0. The van der Waals surface area contributed by atoms with Gasteiger partial charge in [0.25, 0.3) is 0 Å². The fraction of sp³-hybridized carbons (Fsp3) is 0.100. The van der Waals surface area contributed by atoms with Crippen molar-refractivity contribution in [2.75, 3.05) is 16.0 Å². The van der Waals surface area contributed by atoms with Gasteiger partial charge >= 0.3 is 6.03 Å². The molecular weight excluding hydrogens is 390 g/mol. The van der Waals surface area contributed by atoms with Gasteiger partial charge in [-0.25, -0.2) is 9.78 Å². The van der Waals surface area contributed by atoms with Crippen LogP contribution in [0.15, 0.2) is 60.0 Å². The SMILES string of the molecule is NC(=O)c1ccc(NC(=O)CCc2csc(NC(=O)Nc3ccccc3)n2)cc1. The van der Waals surface area contributed by atoms with Gasteiger partial charge in [0.1, 0.15) is 0 Å². The lowest BCUT2D eigenvalue weighted by atomic mass is 10.2. The molecule has 29 heavy (non-hydrogen) atoms. The van der Waals surface area contributed by atoms with E-state index in [9.17, 15) is 14.4 Å². The molecule has 0 spiro atoms. The average Bonchev–Trinajstić information content (AvgIpc) is 3.14. The molecule has 0 aliphatic carbocycles. The number of para-hydroxylation sites is 1. The van der Waals surface area contributed by atoms with E-state index >= 15 is 0 Å². The van der Waals surface area contributed by atoms with Crippen LogP contribution >= 0.6 is 11.3 Å². The number of aromatic nitrogens is 1. The van der Waals surface area contributed by atoms with Crippen LogP contribution in [0.3, 0.4) is 0 Å². The highest BCUT2D eigenvalue weighted by Crippen LogP contribution is 2.18. The van der Waals surface area contributed by atoms with E-state index in [-0.39, 0.29) is 18.4 Å². The smallest absolute Gasteiger partial charge is 0.325 e. The van der Waals surface area contributed by atoms with Crippen molar-refractivity contribution in [2.24, 2.45) is 5.73 Å². The molecule has 9 heteroatoms.